The van der Waals surface area contributed by atoms with Gasteiger partial charge in [-0.2, -0.15) is 0 Å². The van der Waals surface area contributed by atoms with Gasteiger partial charge in [-0.3, -0.25) is 4.79 Å². The molecule has 2 aromatic carbocycles. The van der Waals surface area contributed by atoms with Crippen molar-refractivity contribution in [2.45, 2.75) is 0 Å². The van der Waals surface area contributed by atoms with E-state index in [4.69, 9.17) is 10.5 Å². The quantitative estimate of drug-likeness (QED) is 0.841. The van der Waals surface area contributed by atoms with E-state index in [2.05, 4.69) is 21.2 Å². The molecular weight excluding hydrogens is 327 g/mol. The van der Waals surface area contributed by atoms with Crippen molar-refractivity contribution >= 4 is 33.2 Å². The standard InChI is InChI=1S/C14H12BrFN2O2/c15-9-4-5-12(16)13(6-9)20-8-14(19)18-11-3-1-2-10(17)7-11/h1-7H,8,17H2,(H,18,19). The number of carbonyl (C=O) groups excluding carboxylic acids is 1. The Morgan fingerprint density at radius 3 is 2.85 bits per heavy atom. The molecule has 0 heterocycles. The topological polar surface area (TPSA) is 64.3 Å². The lowest BCUT2D eigenvalue weighted by Gasteiger charge is -2.09. The Labute approximate surface area is 123 Å². The molecule has 20 heavy (non-hydrogen) atoms. The van der Waals surface area contributed by atoms with Gasteiger partial charge in [0, 0.05) is 15.8 Å². The molecule has 2 rings (SSSR count). The van der Waals surface area contributed by atoms with Crippen LogP contribution in [0.3, 0.4) is 0 Å². The average Bonchev–Trinajstić information content (AvgIpc) is 2.40. The van der Waals surface area contributed by atoms with Crippen LogP contribution in [0, 0.1) is 5.82 Å². The molecule has 0 aliphatic rings. The first-order valence-electron chi connectivity index (χ1n) is 5.78. The van der Waals surface area contributed by atoms with Crippen molar-refractivity contribution in [2.75, 3.05) is 17.7 Å². The fraction of sp³-hybridized carbons (Fsp3) is 0.0714. The van der Waals surface area contributed by atoms with Crippen LogP contribution in [0.2, 0.25) is 0 Å². The number of nitrogens with one attached hydrogen (secondary N) is 1. The minimum absolute atomic E-state index is 0.0158. The molecule has 0 aliphatic carbocycles. The van der Waals surface area contributed by atoms with Crippen LogP contribution in [0.15, 0.2) is 46.9 Å². The molecule has 6 heteroatoms. The number of hydrogen-bond acceptors (Lipinski definition) is 3. The molecule has 0 bridgehead atoms. The predicted molar refractivity (Wildman–Crippen MR) is 79.1 cm³/mol. The fourth-order valence-corrected chi connectivity index (χ4v) is 1.88. The van der Waals surface area contributed by atoms with Crippen molar-refractivity contribution < 1.29 is 13.9 Å². The average molecular weight is 339 g/mol. The second-order valence-electron chi connectivity index (χ2n) is 4.04. The predicted octanol–water partition coefficient (Wildman–Crippen LogP) is 3.19. The minimum atomic E-state index is -0.523. The molecule has 4 nitrogen and oxygen atoms in total. The van der Waals surface area contributed by atoms with Crippen molar-refractivity contribution in [2.24, 2.45) is 0 Å². The summed E-state index contributed by atoms with van der Waals surface area (Å²) in [7, 11) is 0. The lowest BCUT2D eigenvalue weighted by atomic mass is 10.3. The number of ether oxygens (including phenoxy) is 1. The van der Waals surface area contributed by atoms with Gasteiger partial charge in [-0.15, -0.1) is 0 Å². The Morgan fingerprint density at radius 2 is 2.10 bits per heavy atom. The summed E-state index contributed by atoms with van der Waals surface area (Å²) in [4.78, 5) is 11.7. The van der Waals surface area contributed by atoms with Gasteiger partial charge in [0.15, 0.2) is 18.2 Å². The van der Waals surface area contributed by atoms with E-state index in [9.17, 15) is 9.18 Å². The van der Waals surface area contributed by atoms with Gasteiger partial charge in [0.25, 0.3) is 5.91 Å². The van der Waals surface area contributed by atoms with E-state index in [0.717, 1.165) is 0 Å². The molecule has 0 fully saturated rings. The Balaban J connectivity index is 1.94. The summed E-state index contributed by atoms with van der Waals surface area (Å²) in [6.45, 7) is -0.290. The van der Waals surface area contributed by atoms with Crippen molar-refractivity contribution in [1.29, 1.82) is 0 Å². The third-order valence-electron chi connectivity index (χ3n) is 2.42. The van der Waals surface area contributed by atoms with E-state index in [0.29, 0.717) is 15.8 Å². The zero-order valence-electron chi connectivity index (χ0n) is 10.4. The van der Waals surface area contributed by atoms with Crippen LogP contribution in [0.25, 0.3) is 0 Å². The molecule has 0 atom stereocenters. The third-order valence-corrected chi connectivity index (χ3v) is 2.92. The van der Waals surface area contributed by atoms with Crippen molar-refractivity contribution in [3.05, 3.63) is 52.8 Å². The molecular formula is C14H12BrFN2O2. The lowest BCUT2D eigenvalue weighted by Crippen LogP contribution is -2.20. The Bertz CT molecular complexity index is 634. The van der Waals surface area contributed by atoms with Crippen LogP contribution in [-0.2, 0) is 4.79 Å². The number of anilines is 2. The number of hydrogen-bond donors (Lipinski definition) is 2. The van der Waals surface area contributed by atoms with Crippen molar-refractivity contribution in [1.82, 2.24) is 0 Å². The van der Waals surface area contributed by atoms with Crippen molar-refractivity contribution in [3.63, 3.8) is 0 Å². The minimum Gasteiger partial charge on any atom is -0.481 e. The molecule has 0 saturated carbocycles. The second kappa shape index (κ2) is 6.38. The van der Waals surface area contributed by atoms with E-state index in [1.807, 2.05) is 0 Å². The molecule has 0 saturated heterocycles. The maximum Gasteiger partial charge on any atom is 0.262 e. The summed E-state index contributed by atoms with van der Waals surface area (Å²) < 4.78 is 19.2. The second-order valence-corrected chi connectivity index (χ2v) is 4.95. The van der Waals surface area contributed by atoms with Crippen molar-refractivity contribution in [3.8, 4) is 5.75 Å². The number of nitrogen functional groups attached to an aromatic ring is 1. The van der Waals surface area contributed by atoms with Gasteiger partial charge in [0.2, 0.25) is 0 Å². The normalized spacial score (nSPS) is 10.1. The summed E-state index contributed by atoms with van der Waals surface area (Å²) in [5, 5.41) is 2.61. The summed E-state index contributed by atoms with van der Waals surface area (Å²) in [6, 6.07) is 11.0. The fourth-order valence-electron chi connectivity index (χ4n) is 1.54. The number of nitrogens with two attached hydrogens (primary N) is 1. The maximum atomic E-state index is 13.4. The highest BCUT2D eigenvalue weighted by Crippen LogP contribution is 2.22. The highest BCUT2D eigenvalue weighted by Gasteiger charge is 2.08. The number of rotatable bonds is 4. The maximum absolute atomic E-state index is 13.4. The van der Waals surface area contributed by atoms with Gasteiger partial charge >= 0.3 is 0 Å². The Morgan fingerprint density at radius 1 is 1.30 bits per heavy atom. The van der Waals surface area contributed by atoms with Gasteiger partial charge in [0.1, 0.15) is 0 Å². The van der Waals surface area contributed by atoms with Crippen LogP contribution >= 0.6 is 15.9 Å². The molecule has 0 radical (unpaired) electrons. The van der Waals surface area contributed by atoms with E-state index in [1.54, 1.807) is 30.3 Å². The van der Waals surface area contributed by atoms with E-state index in [1.165, 1.54) is 12.1 Å². The monoisotopic (exact) mass is 338 g/mol. The van der Waals surface area contributed by atoms with Gasteiger partial charge in [-0.05, 0) is 36.4 Å². The highest BCUT2D eigenvalue weighted by molar-refractivity contribution is 9.10. The molecule has 0 unspecified atom stereocenters. The first kappa shape index (κ1) is 14.3. The Hall–Kier alpha value is -2.08. The number of halogens is 2. The third kappa shape index (κ3) is 3.96. The molecule has 0 aliphatic heterocycles. The smallest absolute Gasteiger partial charge is 0.262 e. The number of carbonyl (C=O) groups is 1. The van der Waals surface area contributed by atoms with Crippen LogP contribution in [0.4, 0.5) is 15.8 Å². The molecule has 0 aromatic heterocycles. The van der Waals surface area contributed by atoms with E-state index < -0.39 is 11.7 Å². The molecule has 0 spiro atoms. The first-order chi connectivity index (χ1) is 9.54. The molecule has 1 amide bonds. The van der Waals surface area contributed by atoms with Crippen LogP contribution in [0.5, 0.6) is 5.75 Å². The number of amides is 1. The zero-order chi connectivity index (χ0) is 14.5. The summed E-state index contributed by atoms with van der Waals surface area (Å²) >= 11 is 3.20. The highest BCUT2D eigenvalue weighted by atomic mass is 79.9. The molecule has 104 valence electrons. The van der Waals surface area contributed by atoms with Crippen LogP contribution in [-0.4, -0.2) is 12.5 Å². The molecule has 3 N–H and O–H groups in total. The van der Waals surface area contributed by atoms with Gasteiger partial charge in [-0.1, -0.05) is 22.0 Å². The number of benzene rings is 2. The van der Waals surface area contributed by atoms with E-state index >= 15 is 0 Å². The van der Waals surface area contributed by atoms with Gasteiger partial charge < -0.3 is 15.8 Å². The summed E-state index contributed by atoms with van der Waals surface area (Å²) in [5.41, 5.74) is 6.71. The molecule has 2 aromatic rings. The van der Waals surface area contributed by atoms with Gasteiger partial charge in [0.05, 0.1) is 0 Å². The van der Waals surface area contributed by atoms with Gasteiger partial charge in [-0.25, -0.2) is 4.39 Å². The van der Waals surface area contributed by atoms with Crippen LogP contribution in [0.1, 0.15) is 0 Å². The summed E-state index contributed by atoms with van der Waals surface area (Å²) in [6.07, 6.45) is 0. The first-order valence-corrected chi connectivity index (χ1v) is 6.57. The SMILES string of the molecule is Nc1cccc(NC(=O)COc2cc(Br)ccc2F)c1. The largest absolute Gasteiger partial charge is 0.481 e. The Kier molecular flexibility index (Phi) is 4.57. The van der Waals surface area contributed by atoms with E-state index in [-0.39, 0.29) is 12.4 Å². The lowest BCUT2D eigenvalue weighted by molar-refractivity contribution is -0.118. The van der Waals surface area contributed by atoms with Crippen LogP contribution < -0.4 is 15.8 Å². The zero-order valence-corrected chi connectivity index (χ0v) is 12.0. The summed E-state index contributed by atoms with van der Waals surface area (Å²) in [5.74, 6) is -0.901.